The molecule has 15 heteroatoms. The maximum Gasteiger partial charge on any atom is 0.324 e. The minimum atomic E-state index is -1.72. The summed E-state index contributed by atoms with van der Waals surface area (Å²) < 4.78 is 14.4. The Morgan fingerprint density at radius 3 is 2.31 bits per heavy atom. The predicted octanol–water partition coefficient (Wildman–Crippen LogP) is 5.26. The van der Waals surface area contributed by atoms with Crippen LogP contribution in [0, 0.1) is 17.8 Å². The smallest absolute Gasteiger partial charge is 0.324 e. The van der Waals surface area contributed by atoms with Crippen LogP contribution in [0.5, 0.6) is 5.75 Å². The fourth-order valence-corrected chi connectivity index (χ4v) is 10.6. The topological polar surface area (TPSA) is 168 Å². The first-order valence-electron chi connectivity index (χ1n) is 22.4. The number of anilines is 2. The number of hydrogen-bond acceptors (Lipinski definition) is 12. The summed E-state index contributed by atoms with van der Waals surface area (Å²) in [6.07, 6.45) is 2.55. The Balaban J connectivity index is 1.11. The molecule has 0 aliphatic carbocycles. The molecule has 0 radical (unpaired) electrons. The lowest BCUT2D eigenvalue weighted by Gasteiger charge is -2.46. The SMILES string of the molecule is O=C1O[C@H](c2ccccc2)[C@H](c2ccccc2)N2[C@H]1[C@@H](C(=O)N1CCN(c3ncccn3)CC1)[C@]1(C(=O)Nc3ccc(C#CCn4nnc5ccccc54)cc31)[C@H]2c1cccc(OCCO)c1. The summed E-state index contributed by atoms with van der Waals surface area (Å²) >= 11 is 0. The van der Waals surface area contributed by atoms with Gasteiger partial charge in [0.15, 0.2) is 0 Å². The third kappa shape index (κ3) is 7.22. The van der Waals surface area contributed by atoms with E-state index in [1.54, 1.807) is 34.1 Å². The van der Waals surface area contributed by atoms with Crippen molar-refractivity contribution in [2.75, 3.05) is 49.6 Å². The van der Waals surface area contributed by atoms with Gasteiger partial charge in [-0.1, -0.05) is 102 Å². The number of piperazine rings is 1. The van der Waals surface area contributed by atoms with Crippen molar-refractivity contribution in [1.29, 1.82) is 0 Å². The van der Waals surface area contributed by atoms with E-state index in [2.05, 4.69) is 42.3 Å². The molecule has 0 bridgehead atoms. The van der Waals surface area contributed by atoms with Crippen LogP contribution in [0.3, 0.4) is 0 Å². The molecule has 2 N–H and O–H groups in total. The number of aliphatic hydroxyl groups is 1. The van der Waals surface area contributed by atoms with Crippen molar-refractivity contribution in [2.24, 2.45) is 5.92 Å². The second-order valence-corrected chi connectivity index (χ2v) is 17.0. The number of para-hydroxylation sites is 1. The van der Waals surface area contributed by atoms with Crippen LogP contribution in [-0.4, -0.2) is 103 Å². The van der Waals surface area contributed by atoms with Gasteiger partial charge in [0.2, 0.25) is 17.8 Å². The number of nitrogens with zero attached hydrogens (tertiary/aromatic N) is 8. The highest BCUT2D eigenvalue weighted by atomic mass is 16.6. The van der Waals surface area contributed by atoms with Crippen LogP contribution in [0.1, 0.15) is 46.0 Å². The molecule has 4 aliphatic rings. The number of ether oxygens (including phenoxy) is 2. The number of hydrogen-bond donors (Lipinski definition) is 2. The van der Waals surface area contributed by atoms with Crippen LogP contribution >= 0.6 is 0 Å². The van der Waals surface area contributed by atoms with Gasteiger partial charge in [0, 0.05) is 49.8 Å². The van der Waals surface area contributed by atoms with Gasteiger partial charge in [-0.3, -0.25) is 19.3 Å². The quantitative estimate of drug-likeness (QED) is 0.143. The Morgan fingerprint density at radius 1 is 0.806 bits per heavy atom. The van der Waals surface area contributed by atoms with Gasteiger partial charge in [-0.25, -0.2) is 14.6 Å². The summed E-state index contributed by atoms with van der Waals surface area (Å²) in [4.78, 5) is 61.9. The van der Waals surface area contributed by atoms with Gasteiger partial charge in [0.05, 0.1) is 30.1 Å². The molecule has 334 valence electrons. The number of carbonyl (C=O) groups excluding carboxylic acids is 3. The van der Waals surface area contributed by atoms with Crippen molar-refractivity contribution in [3.63, 3.8) is 0 Å². The third-order valence-electron chi connectivity index (χ3n) is 13.4. The highest BCUT2D eigenvalue weighted by molar-refractivity contribution is 6.12. The molecule has 0 saturated carbocycles. The standard InChI is InChI=1S/C52H45N9O6/c62-30-31-66-38-18-9-17-37(33-38)47-52(39-32-34(21-22-40(39)55-50(52)65)12-10-25-60-42-20-8-7-19-41(42)56-57-60)43(48(63)58-26-28-59(29-27-58)51-53-23-11-24-54-51)45-49(64)67-46(36-15-5-2-6-16-36)44(61(45)47)35-13-3-1-4-14-35/h1-9,11,13-24,32-33,43-47,62H,25-31H2,(H,55,65)/t43-,44-,45-,46+,47+,52-/m0/s1. The molecule has 11 rings (SSSR count). The molecule has 4 aliphatic heterocycles. The van der Waals surface area contributed by atoms with Gasteiger partial charge < -0.3 is 29.7 Å². The number of fused-ring (bicyclic) bond motifs is 4. The molecule has 2 aromatic heterocycles. The Bertz CT molecular complexity index is 3040. The predicted molar refractivity (Wildman–Crippen MR) is 247 cm³/mol. The van der Waals surface area contributed by atoms with Gasteiger partial charge >= 0.3 is 5.97 Å². The van der Waals surface area contributed by atoms with Crippen LogP contribution in [0.25, 0.3) is 11.0 Å². The molecule has 3 saturated heterocycles. The molecular formula is C52H45N9O6. The lowest BCUT2D eigenvalue weighted by molar-refractivity contribution is -0.179. The summed E-state index contributed by atoms with van der Waals surface area (Å²) in [5.41, 5.74) is 3.80. The van der Waals surface area contributed by atoms with E-state index in [-0.39, 0.29) is 25.7 Å². The number of nitrogens with one attached hydrogen (secondary N) is 1. The lowest BCUT2D eigenvalue weighted by Crippen LogP contribution is -2.58. The van der Waals surface area contributed by atoms with Crippen LogP contribution in [0.4, 0.5) is 11.6 Å². The number of benzene rings is 5. The minimum Gasteiger partial charge on any atom is -0.491 e. The Morgan fingerprint density at radius 2 is 1.54 bits per heavy atom. The Hall–Kier alpha value is -7.93. The van der Waals surface area contributed by atoms with Gasteiger partial charge in [0.25, 0.3) is 0 Å². The Labute approximate surface area is 386 Å². The summed E-state index contributed by atoms with van der Waals surface area (Å²) in [5.74, 6) is 4.92. The zero-order chi connectivity index (χ0) is 45.5. The van der Waals surface area contributed by atoms with Crippen molar-refractivity contribution < 1.29 is 29.0 Å². The highest BCUT2D eigenvalue weighted by Gasteiger charge is 2.74. The van der Waals surface area contributed by atoms with Gasteiger partial charge in [-0.15, -0.1) is 5.10 Å². The highest BCUT2D eigenvalue weighted by Crippen LogP contribution is 2.65. The van der Waals surface area contributed by atoms with E-state index in [1.807, 2.05) is 126 Å². The third-order valence-corrected chi connectivity index (χ3v) is 13.4. The molecular weight excluding hydrogens is 847 g/mol. The van der Waals surface area contributed by atoms with Crippen LogP contribution in [-0.2, 0) is 31.1 Å². The monoisotopic (exact) mass is 891 g/mol. The number of aromatic nitrogens is 5. The van der Waals surface area contributed by atoms with Crippen molar-refractivity contribution in [3.8, 4) is 17.6 Å². The van der Waals surface area contributed by atoms with E-state index in [0.717, 1.165) is 22.2 Å². The largest absolute Gasteiger partial charge is 0.491 e. The summed E-state index contributed by atoms with van der Waals surface area (Å²) in [5, 5.41) is 21.6. The number of morpholine rings is 1. The molecule has 0 unspecified atom stereocenters. The molecule has 6 heterocycles. The van der Waals surface area contributed by atoms with Crippen LogP contribution < -0.4 is 15.0 Å². The van der Waals surface area contributed by atoms with E-state index in [0.29, 0.717) is 60.3 Å². The number of amides is 2. The van der Waals surface area contributed by atoms with E-state index in [4.69, 9.17) is 9.47 Å². The average molecular weight is 892 g/mol. The first kappa shape index (κ1) is 41.8. The second-order valence-electron chi connectivity index (χ2n) is 17.0. The molecule has 6 atom stereocenters. The zero-order valence-electron chi connectivity index (χ0n) is 36.3. The number of carbonyl (C=O) groups is 3. The average Bonchev–Trinajstić information content (AvgIpc) is 4.03. The summed E-state index contributed by atoms with van der Waals surface area (Å²) in [6, 6.07) is 38.9. The minimum absolute atomic E-state index is 0.0392. The van der Waals surface area contributed by atoms with E-state index in [9.17, 15) is 5.11 Å². The number of cyclic esters (lactones) is 1. The van der Waals surface area contributed by atoms with Crippen LogP contribution in [0.2, 0.25) is 0 Å². The van der Waals surface area contributed by atoms with E-state index < -0.39 is 47.4 Å². The summed E-state index contributed by atoms with van der Waals surface area (Å²) in [7, 11) is 0. The van der Waals surface area contributed by atoms with Crippen molar-refractivity contribution in [1.82, 2.24) is 34.8 Å². The molecule has 2 amide bonds. The lowest BCUT2D eigenvalue weighted by atomic mass is 9.65. The molecule has 3 fully saturated rings. The fraction of sp³-hybridized carbons (Fsp3) is 0.250. The summed E-state index contributed by atoms with van der Waals surface area (Å²) in [6.45, 7) is 1.56. The fourth-order valence-electron chi connectivity index (χ4n) is 10.6. The molecule has 5 aromatic carbocycles. The van der Waals surface area contributed by atoms with Crippen LogP contribution in [0.15, 0.2) is 146 Å². The molecule has 67 heavy (non-hydrogen) atoms. The number of aliphatic hydroxyl groups excluding tert-OH is 1. The molecule has 1 spiro atoms. The number of rotatable bonds is 9. The maximum atomic E-state index is 16.0. The van der Waals surface area contributed by atoms with Crippen molar-refractivity contribution in [3.05, 3.63) is 174 Å². The Kier molecular flexibility index (Phi) is 10.9. The second kappa shape index (κ2) is 17.5. The molecule has 15 nitrogen and oxygen atoms in total. The first-order valence-corrected chi connectivity index (χ1v) is 22.4. The van der Waals surface area contributed by atoms with E-state index in [1.165, 1.54) is 0 Å². The van der Waals surface area contributed by atoms with E-state index >= 15 is 14.4 Å². The van der Waals surface area contributed by atoms with Crippen molar-refractivity contribution in [2.45, 2.75) is 36.2 Å². The number of esters is 1. The zero-order valence-corrected chi connectivity index (χ0v) is 36.3. The first-order chi connectivity index (χ1) is 32.9. The van der Waals surface area contributed by atoms with Gasteiger partial charge in [-0.2, -0.15) is 0 Å². The van der Waals surface area contributed by atoms with Crippen molar-refractivity contribution >= 4 is 40.5 Å². The van der Waals surface area contributed by atoms with Gasteiger partial charge in [0.1, 0.15) is 42.0 Å². The molecule has 7 aromatic rings. The van der Waals surface area contributed by atoms with Gasteiger partial charge in [-0.05, 0) is 70.8 Å². The normalized spacial score (nSPS) is 23.3. The maximum absolute atomic E-state index is 16.0.